The van der Waals surface area contributed by atoms with Crippen molar-refractivity contribution < 1.29 is 24.2 Å². The molecule has 3 rings (SSSR count). The SMILES string of the molecule is CCC(NC(=O)O)C(=O)Nc1cnc(Oc2ccc(C)c3c2C(C)(C)CO3)nc1. The van der Waals surface area contributed by atoms with E-state index < -0.39 is 18.0 Å². The Hall–Kier alpha value is -3.36. The first kappa shape index (κ1) is 20.4. The minimum atomic E-state index is -1.26. The number of carbonyl (C=O) groups is 2. The van der Waals surface area contributed by atoms with E-state index in [-0.39, 0.29) is 11.4 Å². The fourth-order valence-corrected chi connectivity index (χ4v) is 3.17. The molecule has 2 amide bonds. The molecule has 1 unspecified atom stereocenters. The summed E-state index contributed by atoms with van der Waals surface area (Å²) in [4.78, 5) is 31.2. The van der Waals surface area contributed by atoms with Gasteiger partial charge in [-0.05, 0) is 25.0 Å². The van der Waals surface area contributed by atoms with Crippen LogP contribution in [0.5, 0.6) is 17.5 Å². The molecule has 2 heterocycles. The largest absolute Gasteiger partial charge is 0.492 e. The summed E-state index contributed by atoms with van der Waals surface area (Å²) in [6.45, 7) is 8.43. The van der Waals surface area contributed by atoms with Crippen molar-refractivity contribution in [3.8, 4) is 17.5 Å². The summed E-state index contributed by atoms with van der Waals surface area (Å²) in [5.41, 5.74) is 2.16. The highest BCUT2D eigenvalue weighted by Crippen LogP contribution is 2.46. The molecule has 9 nitrogen and oxygen atoms in total. The molecule has 0 saturated carbocycles. The van der Waals surface area contributed by atoms with Gasteiger partial charge in [0, 0.05) is 11.0 Å². The molecule has 0 aliphatic carbocycles. The van der Waals surface area contributed by atoms with Gasteiger partial charge in [0.1, 0.15) is 17.5 Å². The van der Waals surface area contributed by atoms with Crippen molar-refractivity contribution in [2.24, 2.45) is 0 Å². The predicted octanol–water partition coefficient (Wildman–Crippen LogP) is 3.23. The Kier molecular flexibility index (Phi) is 5.58. The van der Waals surface area contributed by atoms with Crippen LogP contribution in [0.2, 0.25) is 0 Å². The summed E-state index contributed by atoms with van der Waals surface area (Å²) in [5.74, 6) is 0.969. The van der Waals surface area contributed by atoms with E-state index in [0.29, 0.717) is 24.5 Å². The third-order valence-corrected chi connectivity index (χ3v) is 4.69. The molecule has 3 N–H and O–H groups in total. The summed E-state index contributed by atoms with van der Waals surface area (Å²) >= 11 is 0. The minimum Gasteiger partial charge on any atom is -0.492 e. The smallest absolute Gasteiger partial charge is 0.405 e. The third-order valence-electron chi connectivity index (χ3n) is 4.69. The van der Waals surface area contributed by atoms with Gasteiger partial charge in [0.05, 0.1) is 24.7 Å². The number of ether oxygens (including phenoxy) is 2. The van der Waals surface area contributed by atoms with Crippen molar-refractivity contribution in [3.63, 3.8) is 0 Å². The lowest BCUT2D eigenvalue weighted by Gasteiger charge is -2.19. The van der Waals surface area contributed by atoms with E-state index in [4.69, 9.17) is 14.6 Å². The lowest BCUT2D eigenvalue weighted by atomic mass is 9.85. The number of aromatic nitrogens is 2. The van der Waals surface area contributed by atoms with Crippen LogP contribution in [0.1, 0.15) is 38.3 Å². The average molecular weight is 400 g/mol. The molecular formula is C20H24N4O5. The van der Waals surface area contributed by atoms with E-state index in [2.05, 4.69) is 34.4 Å². The molecule has 0 bridgehead atoms. The quantitative estimate of drug-likeness (QED) is 0.680. The van der Waals surface area contributed by atoms with Crippen LogP contribution in [0, 0.1) is 6.92 Å². The lowest BCUT2D eigenvalue weighted by molar-refractivity contribution is -0.118. The van der Waals surface area contributed by atoms with E-state index in [1.54, 1.807) is 6.92 Å². The number of fused-ring (bicyclic) bond motifs is 1. The van der Waals surface area contributed by atoms with Crippen molar-refractivity contribution in [2.75, 3.05) is 11.9 Å². The van der Waals surface area contributed by atoms with E-state index in [1.807, 2.05) is 19.1 Å². The second-order valence-corrected chi connectivity index (χ2v) is 7.51. The molecule has 0 radical (unpaired) electrons. The predicted molar refractivity (Wildman–Crippen MR) is 106 cm³/mol. The molecule has 29 heavy (non-hydrogen) atoms. The van der Waals surface area contributed by atoms with Crippen LogP contribution in [0.4, 0.5) is 10.5 Å². The van der Waals surface area contributed by atoms with Crippen molar-refractivity contribution in [1.29, 1.82) is 0 Å². The molecule has 2 aromatic rings. The molecule has 9 heteroatoms. The molecule has 154 valence electrons. The van der Waals surface area contributed by atoms with Gasteiger partial charge >= 0.3 is 12.1 Å². The van der Waals surface area contributed by atoms with Crippen LogP contribution in [0.25, 0.3) is 0 Å². The fourth-order valence-electron chi connectivity index (χ4n) is 3.17. The van der Waals surface area contributed by atoms with Crippen LogP contribution < -0.4 is 20.1 Å². The zero-order valence-electron chi connectivity index (χ0n) is 16.8. The van der Waals surface area contributed by atoms with E-state index in [0.717, 1.165) is 16.9 Å². The Morgan fingerprint density at radius 1 is 1.31 bits per heavy atom. The third kappa shape index (κ3) is 4.39. The molecule has 1 atom stereocenters. The molecule has 1 aliphatic heterocycles. The summed E-state index contributed by atoms with van der Waals surface area (Å²) < 4.78 is 11.7. The van der Waals surface area contributed by atoms with Gasteiger partial charge in [-0.2, -0.15) is 0 Å². The number of hydrogen-bond acceptors (Lipinski definition) is 6. The Morgan fingerprint density at radius 3 is 2.62 bits per heavy atom. The van der Waals surface area contributed by atoms with Crippen LogP contribution in [0.15, 0.2) is 24.5 Å². The number of anilines is 1. The number of carboxylic acid groups (broad SMARTS) is 1. The van der Waals surface area contributed by atoms with Crippen molar-refractivity contribution >= 4 is 17.7 Å². The number of nitrogens with one attached hydrogen (secondary N) is 2. The van der Waals surface area contributed by atoms with Crippen molar-refractivity contribution in [3.05, 3.63) is 35.7 Å². The summed E-state index contributed by atoms with van der Waals surface area (Å²) in [5, 5.41) is 13.5. The molecule has 0 spiro atoms. The van der Waals surface area contributed by atoms with Crippen molar-refractivity contribution in [2.45, 2.75) is 45.6 Å². The number of benzene rings is 1. The average Bonchev–Trinajstić information content (AvgIpc) is 3.00. The highest BCUT2D eigenvalue weighted by molar-refractivity contribution is 5.96. The maximum Gasteiger partial charge on any atom is 0.405 e. The second-order valence-electron chi connectivity index (χ2n) is 7.51. The Morgan fingerprint density at radius 2 is 2.00 bits per heavy atom. The zero-order valence-corrected chi connectivity index (χ0v) is 16.8. The topological polar surface area (TPSA) is 123 Å². The maximum absolute atomic E-state index is 12.1. The van der Waals surface area contributed by atoms with Crippen LogP contribution in [0.3, 0.4) is 0 Å². The molecule has 1 aliphatic rings. The summed E-state index contributed by atoms with van der Waals surface area (Å²) in [7, 11) is 0. The lowest BCUT2D eigenvalue weighted by Crippen LogP contribution is -2.42. The molecule has 0 saturated heterocycles. The highest BCUT2D eigenvalue weighted by Gasteiger charge is 2.36. The summed E-state index contributed by atoms with van der Waals surface area (Å²) in [6, 6.07) is 3.06. The molecule has 1 aromatic heterocycles. The van der Waals surface area contributed by atoms with Gasteiger partial charge in [0.25, 0.3) is 0 Å². The molecule has 1 aromatic carbocycles. The van der Waals surface area contributed by atoms with Gasteiger partial charge in [0.2, 0.25) is 5.91 Å². The van der Waals surface area contributed by atoms with Gasteiger partial charge in [-0.15, -0.1) is 0 Å². The van der Waals surface area contributed by atoms with Crippen LogP contribution >= 0.6 is 0 Å². The Labute approximate surface area is 168 Å². The van der Waals surface area contributed by atoms with Crippen molar-refractivity contribution in [1.82, 2.24) is 15.3 Å². The van der Waals surface area contributed by atoms with Gasteiger partial charge < -0.3 is 25.2 Å². The zero-order chi connectivity index (χ0) is 21.2. The first-order chi connectivity index (χ1) is 13.7. The number of aryl methyl sites for hydroxylation is 1. The van der Waals surface area contributed by atoms with Gasteiger partial charge in [-0.25, -0.2) is 14.8 Å². The monoisotopic (exact) mass is 400 g/mol. The van der Waals surface area contributed by atoms with E-state index >= 15 is 0 Å². The van der Waals surface area contributed by atoms with Crippen LogP contribution in [-0.2, 0) is 10.2 Å². The second kappa shape index (κ2) is 7.94. The Bertz CT molecular complexity index is 927. The number of nitrogens with zero attached hydrogens (tertiary/aromatic N) is 2. The van der Waals surface area contributed by atoms with E-state index in [1.165, 1.54) is 12.4 Å². The fraction of sp³-hybridized carbons (Fsp3) is 0.400. The summed E-state index contributed by atoms with van der Waals surface area (Å²) in [6.07, 6.45) is 1.87. The van der Waals surface area contributed by atoms with Gasteiger partial charge in [0.15, 0.2) is 0 Å². The normalized spacial score (nSPS) is 15.0. The molecule has 0 fully saturated rings. The standard InChI is InChI=1S/C20H24N4O5/c1-5-13(24-19(26)27)17(25)23-12-8-21-18(22-9-12)29-14-7-6-11(2)16-15(14)20(3,4)10-28-16/h6-9,13,24H,5,10H2,1-4H3,(H,23,25)(H,26,27). The number of amides is 2. The minimum absolute atomic E-state index is 0.132. The highest BCUT2D eigenvalue weighted by atomic mass is 16.5. The number of carbonyl (C=O) groups excluding carboxylic acids is 1. The maximum atomic E-state index is 12.1. The van der Waals surface area contributed by atoms with Gasteiger partial charge in [-0.1, -0.05) is 26.8 Å². The number of hydrogen-bond donors (Lipinski definition) is 3. The first-order valence-corrected chi connectivity index (χ1v) is 9.28. The van der Waals surface area contributed by atoms with Crippen LogP contribution in [-0.4, -0.2) is 39.7 Å². The first-order valence-electron chi connectivity index (χ1n) is 9.28. The molecular weight excluding hydrogens is 376 g/mol. The van der Waals surface area contributed by atoms with E-state index in [9.17, 15) is 9.59 Å². The van der Waals surface area contributed by atoms with Gasteiger partial charge in [-0.3, -0.25) is 4.79 Å². The number of rotatable bonds is 6. The Balaban J connectivity index is 1.73.